The molecule has 8 nitrogen and oxygen atoms in total. The number of carbonyl (C=O) groups excluding carboxylic acids is 2. The van der Waals surface area contributed by atoms with Crippen LogP contribution in [0.4, 0.5) is 15.8 Å². The first kappa shape index (κ1) is 24.5. The highest BCUT2D eigenvalue weighted by atomic mass is 19.1. The zero-order chi connectivity index (χ0) is 25.1. The van der Waals surface area contributed by atoms with E-state index in [0.717, 1.165) is 54.7 Å². The van der Waals surface area contributed by atoms with Crippen LogP contribution in [0.3, 0.4) is 0 Å². The van der Waals surface area contributed by atoms with Gasteiger partial charge in [-0.2, -0.15) is 5.10 Å². The third-order valence-corrected chi connectivity index (χ3v) is 6.42. The van der Waals surface area contributed by atoms with Crippen molar-refractivity contribution in [2.45, 2.75) is 66.2 Å². The summed E-state index contributed by atoms with van der Waals surface area (Å²) in [5, 5.41) is 10.0. The van der Waals surface area contributed by atoms with Crippen molar-refractivity contribution in [3.05, 3.63) is 58.4 Å². The molecule has 4 rings (SSSR count). The van der Waals surface area contributed by atoms with Crippen LogP contribution >= 0.6 is 0 Å². The molecule has 1 fully saturated rings. The van der Waals surface area contributed by atoms with Crippen molar-refractivity contribution in [3.8, 4) is 5.95 Å². The van der Waals surface area contributed by atoms with Gasteiger partial charge in [-0.15, -0.1) is 0 Å². The standard InChI is InChI=1S/C26H31FN6O2/c1-15-12-16(2)29-26(28-15)33-18(4)21(17(3)32-33)14-24(34)30-20-10-11-22(27)23(13-20)31-25(35)19-8-6-5-7-9-19/h10-13,19H,5-9,14H2,1-4H3,(H,30,34)(H,31,35). The fourth-order valence-electron chi connectivity index (χ4n) is 4.59. The Labute approximate surface area is 204 Å². The molecule has 1 aliphatic carbocycles. The molecule has 35 heavy (non-hydrogen) atoms. The van der Waals surface area contributed by atoms with Gasteiger partial charge in [-0.3, -0.25) is 9.59 Å². The number of nitrogens with zero attached hydrogens (tertiary/aromatic N) is 4. The van der Waals surface area contributed by atoms with E-state index in [4.69, 9.17) is 0 Å². The van der Waals surface area contributed by atoms with Crippen LogP contribution in [0, 0.1) is 39.4 Å². The summed E-state index contributed by atoms with van der Waals surface area (Å²) in [5.41, 5.74) is 4.42. The second kappa shape index (κ2) is 10.3. The van der Waals surface area contributed by atoms with Gasteiger partial charge in [0.25, 0.3) is 5.95 Å². The number of anilines is 2. The summed E-state index contributed by atoms with van der Waals surface area (Å²) in [5.74, 6) is -0.599. The number of amides is 2. The zero-order valence-electron chi connectivity index (χ0n) is 20.6. The molecule has 0 spiro atoms. The molecule has 2 heterocycles. The second-order valence-electron chi connectivity index (χ2n) is 9.26. The predicted octanol–water partition coefficient (Wildman–Crippen LogP) is 4.74. The minimum atomic E-state index is -0.534. The van der Waals surface area contributed by atoms with Crippen molar-refractivity contribution in [3.63, 3.8) is 0 Å². The average Bonchev–Trinajstić information content (AvgIpc) is 3.09. The molecule has 3 aromatic rings. The number of hydrogen-bond donors (Lipinski definition) is 2. The summed E-state index contributed by atoms with van der Waals surface area (Å²) >= 11 is 0. The van der Waals surface area contributed by atoms with Gasteiger partial charge in [0, 0.05) is 34.3 Å². The number of benzene rings is 1. The van der Waals surface area contributed by atoms with Crippen LogP contribution in [0.15, 0.2) is 24.3 Å². The topological polar surface area (TPSA) is 102 Å². The van der Waals surface area contributed by atoms with E-state index in [2.05, 4.69) is 25.7 Å². The summed E-state index contributed by atoms with van der Waals surface area (Å²) in [6, 6.07) is 6.08. The maximum absolute atomic E-state index is 14.4. The van der Waals surface area contributed by atoms with Gasteiger partial charge in [-0.05, 0) is 64.8 Å². The third-order valence-electron chi connectivity index (χ3n) is 6.42. The summed E-state index contributed by atoms with van der Waals surface area (Å²) in [6.45, 7) is 7.51. The Morgan fingerprint density at radius 1 is 1.00 bits per heavy atom. The molecule has 0 saturated heterocycles. The Balaban J connectivity index is 1.46. The first-order valence-electron chi connectivity index (χ1n) is 12.0. The fraction of sp³-hybridized carbons (Fsp3) is 0.423. The van der Waals surface area contributed by atoms with Crippen LogP contribution in [0.25, 0.3) is 5.95 Å². The number of nitrogens with one attached hydrogen (secondary N) is 2. The van der Waals surface area contributed by atoms with Gasteiger partial charge in [0.15, 0.2) is 0 Å². The van der Waals surface area contributed by atoms with Crippen molar-refractivity contribution in [2.75, 3.05) is 10.6 Å². The van der Waals surface area contributed by atoms with E-state index in [1.165, 1.54) is 18.2 Å². The summed E-state index contributed by atoms with van der Waals surface area (Å²) in [6.07, 6.45) is 4.90. The Hall–Kier alpha value is -3.62. The van der Waals surface area contributed by atoms with Crippen molar-refractivity contribution in [1.29, 1.82) is 0 Å². The van der Waals surface area contributed by atoms with E-state index in [0.29, 0.717) is 17.3 Å². The van der Waals surface area contributed by atoms with Gasteiger partial charge in [0.05, 0.1) is 17.8 Å². The molecule has 1 saturated carbocycles. The van der Waals surface area contributed by atoms with Crippen molar-refractivity contribution < 1.29 is 14.0 Å². The van der Waals surface area contributed by atoms with Crippen LogP contribution in [0.2, 0.25) is 0 Å². The second-order valence-corrected chi connectivity index (χ2v) is 9.26. The van der Waals surface area contributed by atoms with E-state index in [9.17, 15) is 14.0 Å². The SMILES string of the molecule is Cc1cc(C)nc(-n2nc(C)c(CC(=O)Nc3ccc(F)c(NC(=O)C4CCCCC4)c3)c2C)n1. The van der Waals surface area contributed by atoms with E-state index < -0.39 is 5.82 Å². The monoisotopic (exact) mass is 478 g/mol. The van der Waals surface area contributed by atoms with E-state index in [1.54, 1.807) is 4.68 Å². The molecule has 2 amide bonds. The van der Waals surface area contributed by atoms with Crippen LogP contribution < -0.4 is 10.6 Å². The lowest BCUT2D eigenvalue weighted by molar-refractivity contribution is -0.120. The average molecular weight is 479 g/mol. The number of aryl methyl sites for hydroxylation is 3. The number of carbonyl (C=O) groups is 2. The molecular formula is C26H31FN6O2. The molecule has 2 N–H and O–H groups in total. The van der Waals surface area contributed by atoms with Crippen molar-refractivity contribution >= 4 is 23.2 Å². The number of rotatable bonds is 6. The Morgan fingerprint density at radius 2 is 1.69 bits per heavy atom. The van der Waals surface area contributed by atoms with Crippen LogP contribution in [0.1, 0.15) is 60.4 Å². The molecule has 1 aliphatic rings. The number of halogens is 1. The van der Waals surface area contributed by atoms with Gasteiger partial charge < -0.3 is 10.6 Å². The maximum Gasteiger partial charge on any atom is 0.251 e. The Bertz CT molecular complexity index is 1240. The molecule has 0 unspecified atom stereocenters. The highest BCUT2D eigenvalue weighted by Crippen LogP contribution is 2.27. The van der Waals surface area contributed by atoms with Gasteiger partial charge in [-0.1, -0.05) is 19.3 Å². The summed E-state index contributed by atoms with van der Waals surface area (Å²) < 4.78 is 16.0. The minimum Gasteiger partial charge on any atom is -0.326 e. The summed E-state index contributed by atoms with van der Waals surface area (Å²) in [4.78, 5) is 34.3. The normalized spacial score (nSPS) is 14.1. The third kappa shape index (κ3) is 5.72. The quantitative estimate of drug-likeness (QED) is 0.533. The minimum absolute atomic E-state index is 0.0746. The van der Waals surface area contributed by atoms with E-state index in [-0.39, 0.29) is 29.8 Å². The molecule has 0 radical (unpaired) electrons. The molecule has 0 aliphatic heterocycles. The first-order chi connectivity index (χ1) is 16.7. The number of aromatic nitrogens is 4. The van der Waals surface area contributed by atoms with Crippen molar-refractivity contribution in [2.24, 2.45) is 5.92 Å². The molecule has 184 valence electrons. The number of hydrogen-bond acceptors (Lipinski definition) is 5. The largest absolute Gasteiger partial charge is 0.326 e. The lowest BCUT2D eigenvalue weighted by Gasteiger charge is -2.21. The van der Waals surface area contributed by atoms with Crippen molar-refractivity contribution in [1.82, 2.24) is 19.7 Å². The zero-order valence-corrected chi connectivity index (χ0v) is 20.6. The molecule has 1 aromatic carbocycles. The lowest BCUT2D eigenvalue weighted by atomic mass is 9.88. The smallest absolute Gasteiger partial charge is 0.251 e. The fourth-order valence-corrected chi connectivity index (χ4v) is 4.59. The molecule has 9 heteroatoms. The van der Waals surface area contributed by atoms with Crippen LogP contribution in [-0.4, -0.2) is 31.6 Å². The molecular weight excluding hydrogens is 447 g/mol. The first-order valence-corrected chi connectivity index (χ1v) is 12.0. The van der Waals surface area contributed by atoms with Gasteiger partial charge in [-0.25, -0.2) is 19.0 Å². The predicted molar refractivity (Wildman–Crippen MR) is 132 cm³/mol. The Kier molecular flexibility index (Phi) is 7.23. The Morgan fingerprint density at radius 3 is 2.37 bits per heavy atom. The maximum atomic E-state index is 14.4. The van der Waals surface area contributed by atoms with Crippen LogP contribution in [0.5, 0.6) is 0 Å². The molecule has 0 atom stereocenters. The van der Waals surface area contributed by atoms with Gasteiger partial charge in [0.2, 0.25) is 11.8 Å². The highest BCUT2D eigenvalue weighted by molar-refractivity contribution is 5.95. The van der Waals surface area contributed by atoms with Gasteiger partial charge in [0.1, 0.15) is 5.82 Å². The molecule has 2 aromatic heterocycles. The summed E-state index contributed by atoms with van der Waals surface area (Å²) in [7, 11) is 0. The molecule has 0 bridgehead atoms. The lowest BCUT2D eigenvalue weighted by Crippen LogP contribution is -2.25. The van der Waals surface area contributed by atoms with E-state index >= 15 is 0 Å². The van der Waals surface area contributed by atoms with Crippen LogP contribution in [-0.2, 0) is 16.0 Å². The highest BCUT2D eigenvalue weighted by Gasteiger charge is 2.22. The van der Waals surface area contributed by atoms with E-state index in [1.807, 2.05) is 33.8 Å². The van der Waals surface area contributed by atoms with Gasteiger partial charge >= 0.3 is 0 Å².